The number of hydrogen-bond acceptors (Lipinski definition) is 3. The SMILES string of the molecule is CNS(=O)(=O)Cc1ccc(CN=C(N)N2CCCCC2)cc1. The molecule has 0 aliphatic carbocycles. The summed E-state index contributed by atoms with van der Waals surface area (Å²) in [7, 11) is -1.81. The van der Waals surface area contributed by atoms with Gasteiger partial charge in [-0.3, -0.25) is 0 Å². The van der Waals surface area contributed by atoms with E-state index in [-0.39, 0.29) is 5.75 Å². The number of aliphatic imine (C=N–C) groups is 1. The largest absolute Gasteiger partial charge is 0.370 e. The van der Waals surface area contributed by atoms with Crippen LogP contribution in [-0.2, 0) is 22.3 Å². The van der Waals surface area contributed by atoms with Gasteiger partial charge in [-0.05, 0) is 37.4 Å². The highest BCUT2D eigenvalue weighted by Gasteiger charge is 2.11. The van der Waals surface area contributed by atoms with Gasteiger partial charge in [0.25, 0.3) is 0 Å². The Labute approximate surface area is 132 Å². The molecule has 0 unspecified atom stereocenters. The van der Waals surface area contributed by atoms with Crippen LogP contribution < -0.4 is 10.5 Å². The Morgan fingerprint density at radius 2 is 1.77 bits per heavy atom. The molecule has 0 atom stereocenters. The van der Waals surface area contributed by atoms with Crippen LogP contribution in [0.4, 0.5) is 0 Å². The van der Waals surface area contributed by atoms with Gasteiger partial charge in [0, 0.05) is 13.1 Å². The number of nitrogens with two attached hydrogens (primary N) is 1. The van der Waals surface area contributed by atoms with Gasteiger partial charge >= 0.3 is 0 Å². The van der Waals surface area contributed by atoms with Gasteiger partial charge in [0.2, 0.25) is 10.0 Å². The summed E-state index contributed by atoms with van der Waals surface area (Å²) in [5, 5.41) is 0. The van der Waals surface area contributed by atoms with Crippen molar-refractivity contribution in [2.24, 2.45) is 10.7 Å². The lowest BCUT2D eigenvalue weighted by molar-refractivity contribution is 0.338. The quantitative estimate of drug-likeness (QED) is 0.626. The van der Waals surface area contributed by atoms with E-state index in [4.69, 9.17) is 5.73 Å². The van der Waals surface area contributed by atoms with Gasteiger partial charge in [-0.25, -0.2) is 18.1 Å². The summed E-state index contributed by atoms with van der Waals surface area (Å²) in [6, 6.07) is 7.43. The number of piperidine rings is 1. The fraction of sp³-hybridized carbons (Fsp3) is 0.533. The number of rotatable bonds is 5. The van der Waals surface area contributed by atoms with Gasteiger partial charge in [-0.2, -0.15) is 0 Å². The highest BCUT2D eigenvalue weighted by atomic mass is 32.2. The van der Waals surface area contributed by atoms with Crippen LogP contribution in [0.2, 0.25) is 0 Å². The third kappa shape index (κ3) is 4.99. The van der Waals surface area contributed by atoms with Crippen molar-refractivity contribution >= 4 is 16.0 Å². The molecule has 1 aliphatic rings. The molecule has 122 valence electrons. The minimum Gasteiger partial charge on any atom is -0.370 e. The smallest absolute Gasteiger partial charge is 0.215 e. The summed E-state index contributed by atoms with van der Waals surface area (Å²) in [6.45, 7) is 2.48. The summed E-state index contributed by atoms with van der Waals surface area (Å²) >= 11 is 0. The van der Waals surface area contributed by atoms with Gasteiger partial charge < -0.3 is 10.6 Å². The Bertz CT molecular complexity index is 605. The minimum absolute atomic E-state index is 0.0109. The van der Waals surface area contributed by atoms with Crippen LogP contribution in [0.5, 0.6) is 0 Å². The summed E-state index contributed by atoms with van der Waals surface area (Å²) in [4.78, 5) is 6.55. The van der Waals surface area contributed by atoms with Crippen molar-refractivity contribution in [2.45, 2.75) is 31.6 Å². The molecule has 6 nitrogen and oxygen atoms in total. The topological polar surface area (TPSA) is 87.8 Å². The molecule has 0 bridgehead atoms. The van der Waals surface area contributed by atoms with Crippen LogP contribution in [0, 0.1) is 0 Å². The second-order valence-electron chi connectivity index (χ2n) is 5.50. The lowest BCUT2D eigenvalue weighted by Crippen LogP contribution is -2.40. The molecule has 1 saturated heterocycles. The van der Waals surface area contributed by atoms with E-state index in [0.29, 0.717) is 12.5 Å². The average Bonchev–Trinajstić information content (AvgIpc) is 2.54. The Balaban J connectivity index is 1.93. The number of guanidine groups is 1. The molecule has 22 heavy (non-hydrogen) atoms. The number of benzene rings is 1. The van der Waals surface area contributed by atoms with Crippen LogP contribution >= 0.6 is 0 Å². The van der Waals surface area contributed by atoms with Gasteiger partial charge in [0.15, 0.2) is 5.96 Å². The Morgan fingerprint density at radius 3 is 2.36 bits per heavy atom. The van der Waals surface area contributed by atoms with E-state index in [0.717, 1.165) is 24.2 Å². The first-order valence-corrected chi connectivity index (χ1v) is 9.19. The number of likely N-dealkylation sites (tertiary alicyclic amines) is 1. The zero-order valence-corrected chi connectivity index (χ0v) is 13.8. The van der Waals surface area contributed by atoms with Crippen molar-refractivity contribution in [3.63, 3.8) is 0 Å². The molecule has 1 aliphatic heterocycles. The number of nitrogens with zero attached hydrogens (tertiary/aromatic N) is 2. The van der Waals surface area contributed by atoms with Crippen LogP contribution in [0.1, 0.15) is 30.4 Å². The third-order valence-corrected chi connectivity index (χ3v) is 5.13. The molecule has 0 radical (unpaired) electrons. The summed E-state index contributed by atoms with van der Waals surface area (Å²) in [6.07, 6.45) is 3.61. The second kappa shape index (κ2) is 7.60. The third-order valence-electron chi connectivity index (χ3n) is 3.79. The Morgan fingerprint density at radius 1 is 1.18 bits per heavy atom. The fourth-order valence-electron chi connectivity index (χ4n) is 2.43. The van der Waals surface area contributed by atoms with Gasteiger partial charge in [0.05, 0.1) is 12.3 Å². The number of hydrogen-bond donors (Lipinski definition) is 2. The maximum Gasteiger partial charge on any atom is 0.215 e. The van der Waals surface area contributed by atoms with Gasteiger partial charge in [-0.1, -0.05) is 24.3 Å². The van der Waals surface area contributed by atoms with Crippen LogP contribution in [0.3, 0.4) is 0 Å². The molecule has 0 spiro atoms. The summed E-state index contributed by atoms with van der Waals surface area (Å²) in [5.74, 6) is 0.588. The average molecular weight is 324 g/mol. The van der Waals surface area contributed by atoms with E-state index in [2.05, 4.69) is 14.6 Å². The Hall–Kier alpha value is -1.60. The second-order valence-corrected chi connectivity index (χ2v) is 7.43. The molecule has 3 N–H and O–H groups in total. The first-order valence-electron chi connectivity index (χ1n) is 7.54. The molecular weight excluding hydrogens is 300 g/mol. The molecule has 1 fully saturated rings. The molecule has 2 rings (SSSR count). The molecule has 0 saturated carbocycles. The molecule has 1 aromatic carbocycles. The Kier molecular flexibility index (Phi) is 5.79. The minimum atomic E-state index is -3.23. The zero-order chi connectivity index (χ0) is 16.0. The highest BCUT2D eigenvalue weighted by molar-refractivity contribution is 7.88. The fourth-order valence-corrected chi connectivity index (χ4v) is 3.20. The van der Waals surface area contributed by atoms with Crippen molar-refractivity contribution in [3.05, 3.63) is 35.4 Å². The van der Waals surface area contributed by atoms with Crippen molar-refractivity contribution in [2.75, 3.05) is 20.1 Å². The molecule has 7 heteroatoms. The maximum atomic E-state index is 11.5. The number of nitrogens with one attached hydrogen (secondary N) is 1. The van der Waals surface area contributed by atoms with Crippen molar-refractivity contribution < 1.29 is 8.42 Å². The monoisotopic (exact) mass is 324 g/mol. The summed E-state index contributed by atoms with van der Waals surface area (Å²) in [5.41, 5.74) is 7.79. The normalized spacial score (nSPS) is 16.8. The lowest BCUT2D eigenvalue weighted by atomic mass is 10.1. The first-order chi connectivity index (χ1) is 10.5. The van der Waals surface area contributed by atoms with E-state index >= 15 is 0 Å². The molecule has 0 aromatic heterocycles. The van der Waals surface area contributed by atoms with Gasteiger partial charge in [-0.15, -0.1) is 0 Å². The van der Waals surface area contributed by atoms with E-state index in [1.807, 2.05) is 24.3 Å². The highest BCUT2D eigenvalue weighted by Crippen LogP contribution is 2.10. The molecule has 0 amide bonds. The predicted octanol–water partition coefficient (Wildman–Crippen LogP) is 1.04. The number of sulfonamides is 1. The van der Waals surface area contributed by atoms with Crippen LogP contribution in [0.15, 0.2) is 29.3 Å². The van der Waals surface area contributed by atoms with Crippen molar-refractivity contribution in [3.8, 4) is 0 Å². The standard InChI is InChI=1S/C15H24N4O2S/c1-17-22(20,21)12-14-7-5-13(6-8-14)11-18-15(16)19-9-3-2-4-10-19/h5-8,17H,2-4,9-12H2,1H3,(H2,16,18). The molecule has 1 heterocycles. The van der Waals surface area contributed by atoms with Crippen LogP contribution in [0.25, 0.3) is 0 Å². The van der Waals surface area contributed by atoms with E-state index in [1.165, 1.54) is 26.3 Å². The lowest BCUT2D eigenvalue weighted by Gasteiger charge is -2.27. The molecule has 1 aromatic rings. The van der Waals surface area contributed by atoms with Gasteiger partial charge in [0.1, 0.15) is 0 Å². The van der Waals surface area contributed by atoms with E-state index < -0.39 is 10.0 Å². The van der Waals surface area contributed by atoms with Crippen molar-refractivity contribution in [1.29, 1.82) is 0 Å². The van der Waals surface area contributed by atoms with E-state index in [9.17, 15) is 8.42 Å². The molecular formula is C15H24N4O2S. The maximum absolute atomic E-state index is 11.5. The predicted molar refractivity (Wildman–Crippen MR) is 88.9 cm³/mol. The van der Waals surface area contributed by atoms with E-state index in [1.54, 1.807) is 0 Å². The van der Waals surface area contributed by atoms with Crippen LogP contribution in [-0.4, -0.2) is 39.4 Å². The van der Waals surface area contributed by atoms with Crippen molar-refractivity contribution in [1.82, 2.24) is 9.62 Å². The summed E-state index contributed by atoms with van der Waals surface area (Å²) < 4.78 is 25.3. The zero-order valence-electron chi connectivity index (χ0n) is 13.0. The first kappa shape index (κ1) is 16.8.